The number of nitrogens with zero attached hydrogens (tertiary/aromatic N) is 3. The zero-order chi connectivity index (χ0) is 12.5. The highest BCUT2D eigenvalue weighted by molar-refractivity contribution is 5.88. The van der Waals surface area contributed by atoms with E-state index in [2.05, 4.69) is 11.4 Å². The van der Waals surface area contributed by atoms with Crippen molar-refractivity contribution in [2.75, 3.05) is 32.7 Å². The van der Waals surface area contributed by atoms with E-state index in [0.717, 1.165) is 26.1 Å². The first-order valence-corrected chi connectivity index (χ1v) is 6.25. The van der Waals surface area contributed by atoms with E-state index >= 15 is 0 Å². The summed E-state index contributed by atoms with van der Waals surface area (Å²) in [5, 5.41) is 12.1. The molecule has 1 spiro atoms. The van der Waals surface area contributed by atoms with Crippen molar-refractivity contribution in [1.82, 2.24) is 15.1 Å². The summed E-state index contributed by atoms with van der Waals surface area (Å²) in [5.41, 5.74) is -0.460. The van der Waals surface area contributed by atoms with Gasteiger partial charge in [0.25, 0.3) is 0 Å². The Labute approximate surface area is 102 Å². The van der Waals surface area contributed by atoms with Gasteiger partial charge in [0.2, 0.25) is 5.91 Å². The molecule has 1 amide bonds. The molecule has 0 aromatic heterocycles. The Balaban J connectivity index is 2.25. The quantitative estimate of drug-likeness (QED) is 0.674. The Bertz CT molecular complexity index is 341. The second-order valence-corrected chi connectivity index (χ2v) is 5.13. The number of piperazine rings is 1. The molecule has 0 aliphatic carbocycles. The van der Waals surface area contributed by atoms with E-state index in [9.17, 15) is 4.79 Å². The van der Waals surface area contributed by atoms with E-state index in [1.807, 2.05) is 23.6 Å². The van der Waals surface area contributed by atoms with Gasteiger partial charge in [-0.3, -0.25) is 9.69 Å². The van der Waals surface area contributed by atoms with E-state index in [1.54, 1.807) is 0 Å². The van der Waals surface area contributed by atoms with Crippen LogP contribution in [0.15, 0.2) is 0 Å². The molecule has 5 nitrogen and oxygen atoms in total. The van der Waals surface area contributed by atoms with Crippen molar-refractivity contribution in [3.63, 3.8) is 0 Å². The number of rotatable bonds is 2. The number of hydrogen-bond donors (Lipinski definition) is 1. The van der Waals surface area contributed by atoms with Crippen LogP contribution >= 0.6 is 0 Å². The van der Waals surface area contributed by atoms with Gasteiger partial charge in [0.1, 0.15) is 5.54 Å². The molecule has 1 atom stereocenters. The van der Waals surface area contributed by atoms with Crippen molar-refractivity contribution in [2.24, 2.45) is 0 Å². The summed E-state index contributed by atoms with van der Waals surface area (Å²) in [6.45, 7) is 7.52. The second-order valence-electron chi connectivity index (χ2n) is 5.13. The van der Waals surface area contributed by atoms with Crippen LogP contribution in [0.2, 0.25) is 0 Å². The van der Waals surface area contributed by atoms with E-state index in [4.69, 9.17) is 5.26 Å². The molecular weight excluding hydrogens is 216 g/mol. The molecule has 0 radical (unpaired) electrons. The number of nitrogens with one attached hydrogen (secondary N) is 1. The molecule has 2 fully saturated rings. The number of nitriles is 1. The van der Waals surface area contributed by atoms with E-state index in [0.29, 0.717) is 13.1 Å². The number of carbonyl (C=O) groups is 1. The minimum atomic E-state index is -0.460. The zero-order valence-electron chi connectivity index (χ0n) is 10.6. The third-order valence-electron chi connectivity index (χ3n) is 3.89. The van der Waals surface area contributed by atoms with Gasteiger partial charge in [-0.2, -0.15) is 5.26 Å². The Hall–Kier alpha value is -1.12. The normalized spacial score (nSPS) is 30.2. The topological polar surface area (TPSA) is 59.4 Å². The standard InChI is InChI=1S/C12H20N4O/c1-10(2)16-8-7-15(6-4-13)12(11(16)17)3-5-14-9-12/h10,14H,3,5-9H2,1-2H3. The van der Waals surface area contributed by atoms with Crippen molar-refractivity contribution in [3.8, 4) is 6.07 Å². The highest BCUT2D eigenvalue weighted by atomic mass is 16.2. The lowest BCUT2D eigenvalue weighted by Gasteiger charge is -2.47. The average molecular weight is 236 g/mol. The van der Waals surface area contributed by atoms with Gasteiger partial charge in [-0.1, -0.05) is 0 Å². The van der Waals surface area contributed by atoms with Crippen molar-refractivity contribution in [1.29, 1.82) is 5.26 Å². The number of hydrogen-bond acceptors (Lipinski definition) is 4. The summed E-state index contributed by atoms with van der Waals surface area (Å²) in [4.78, 5) is 16.6. The summed E-state index contributed by atoms with van der Waals surface area (Å²) in [5.74, 6) is 0.194. The smallest absolute Gasteiger partial charge is 0.244 e. The van der Waals surface area contributed by atoms with Crippen molar-refractivity contribution < 1.29 is 4.79 Å². The zero-order valence-corrected chi connectivity index (χ0v) is 10.6. The van der Waals surface area contributed by atoms with Crippen LogP contribution in [0.5, 0.6) is 0 Å². The highest BCUT2D eigenvalue weighted by Crippen LogP contribution is 2.29. The molecule has 17 heavy (non-hydrogen) atoms. The Morgan fingerprint density at radius 1 is 1.53 bits per heavy atom. The lowest BCUT2D eigenvalue weighted by molar-refractivity contribution is -0.151. The maximum atomic E-state index is 12.6. The molecule has 94 valence electrons. The van der Waals surface area contributed by atoms with Crippen LogP contribution in [0.3, 0.4) is 0 Å². The molecule has 0 aromatic rings. The lowest BCUT2D eigenvalue weighted by Crippen LogP contribution is -2.67. The SMILES string of the molecule is CC(C)N1CCN(CC#N)C2(CCNC2)C1=O. The second kappa shape index (κ2) is 4.63. The van der Waals surface area contributed by atoms with Crippen LogP contribution in [0.1, 0.15) is 20.3 Å². The van der Waals surface area contributed by atoms with Crippen molar-refractivity contribution >= 4 is 5.91 Å². The van der Waals surface area contributed by atoms with Crippen LogP contribution in [0.4, 0.5) is 0 Å². The Kier molecular flexibility index (Phi) is 3.36. The van der Waals surface area contributed by atoms with Crippen LogP contribution in [-0.2, 0) is 4.79 Å². The van der Waals surface area contributed by atoms with Crippen LogP contribution < -0.4 is 5.32 Å². The van der Waals surface area contributed by atoms with Gasteiger partial charge in [0.05, 0.1) is 12.6 Å². The summed E-state index contributed by atoms with van der Waals surface area (Å²) in [7, 11) is 0. The predicted molar refractivity (Wildman–Crippen MR) is 64.3 cm³/mol. The molecule has 2 saturated heterocycles. The maximum absolute atomic E-state index is 12.6. The molecule has 0 bridgehead atoms. The summed E-state index contributed by atoms with van der Waals surface area (Å²) in [6.07, 6.45) is 0.816. The third kappa shape index (κ3) is 1.92. The summed E-state index contributed by atoms with van der Waals surface area (Å²) in [6, 6.07) is 2.42. The van der Waals surface area contributed by atoms with Crippen LogP contribution in [0.25, 0.3) is 0 Å². The number of carbonyl (C=O) groups excluding carboxylic acids is 1. The van der Waals surface area contributed by atoms with Crippen LogP contribution in [-0.4, -0.2) is 60.0 Å². The van der Waals surface area contributed by atoms with Gasteiger partial charge in [0, 0.05) is 25.7 Å². The Morgan fingerprint density at radius 2 is 2.29 bits per heavy atom. The molecule has 5 heteroatoms. The molecule has 2 aliphatic heterocycles. The first kappa shape index (κ1) is 12.3. The largest absolute Gasteiger partial charge is 0.337 e. The van der Waals surface area contributed by atoms with E-state index in [-0.39, 0.29) is 11.9 Å². The van der Waals surface area contributed by atoms with Gasteiger partial charge < -0.3 is 10.2 Å². The first-order valence-electron chi connectivity index (χ1n) is 6.25. The monoisotopic (exact) mass is 236 g/mol. The third-order valence-corrected chi connectivity index (χ3v) is 3.89. The van der Waals surface area contributed by atoms with Gasteiger partial charge >= 0.3 is 0 Å². The summed E-state index contributed by atoms with van der Waals surface area (Å²) < 4.78 is 0. The predicted octanol–water partition coefficient (Wildman–Crippen LogP) is -0.205. The minimum Gasteiger partial charge on any atom is -0.337 e. The highest BCUT2D eigenvalue weighted by Gasteiger charge is 2.51. The fraction of sp³-hybridized carbons (Fsp3) is 0.833. The molecular formula is C12H20N4O. The molecule has 1 unspecified atom stereocenters. The van der Waals surface area contributed by atoms with E-state index in [1.165, 1.54) is 0 Å². The number of amides is 1. The van der Waals surface area contributed by atoms with Gasteiger partial charge in [-0.05, 0) is 26.8 Å². The maximum Gasteiger partial charge on any atom is 0.244 e. The van der Waals surface area contributed by atoms with Crippen molar-refractivity contribution in [3.05, 3.63) is 0 Å². The van der Waals surface area contributed by atoms with Gasteiger partial charge in [0.15, 0.2) is 0 Å². The molecule has 1 N–H and O–H groups in total. The minimum absolute atomic E-state index is 0.194. The first-order chi connectivity index (χ1) is 8.12. The van der Waals surface area contributed by atoms with Gasteiger partial charge in [-0.15, -0.1) is 0 Å². The fourth-order valence-electron chi connectivity index (χ4n) is 2.89. The van der Waals surface area contributed by atoms with Crippen molar-refractivity contribution in [2.45, 2.75) is 31.8 Å². The molecule has 0 saturated carbocycles. The molecule has 2 rings (SSSR count). The lowest BCUT2D eigenvalue weighted by atomic mass is 9.90. The molecule has 2 heterocycles. The van der Waals surface area contributed by atoms with Crippen LogP contribution in [0, 0.1) is 11.3 Å². The Morgan fingerprint density at radius 3 is 2.82 bits per heavy atom. The van der Waals surface area contributed by atoms with E-state index < -0.39 is 5.54 Å². The average Bonchev–Trinajstić information content (AvgIpc) is 2.75. The van der Waals surface area contributed by atoms with Gasteiger partial charge in [-0.25, -0.2) is 0 Å². The molecule has 2 aliphatic rings. The molecule has 0 aromatic carbocycles. The fourth-order valence-corrected chi connectivity index (χ4v) is 2.89. The summed E-state index contributed by atoms with van der Waals surface area (Å²) >= 11 is 0.